The third kappa shape index (κ3) is 14.1. The van der Waals surface area contributed by atoms with Crippen LogP contribution in [-0.4, -0.2) is 9.97 Å². The number of fused-ring (bicyclic) bond motifs is 2. The van der Waals surface area contributed by atoms with E-state index in [1.54, 1.807) is 0 Å². The minimum absolute atomic E-state index is 0.823. The monoisotopic (exact) mass is 1420 g/mol. The van der Waals surface area contributed by atoms with E-state index in [1.165, 1.54) is 27.1 Å². The smallest absolute Gasteiger partial charge is 0.171 e. The largest absolute Gasteiger partial charge is 0.309 e. The van der Waals surface area contributed by atoms with Gasteiger partial charge in [-0.15, -0.1) is 0 Å². The molecule has 0 aliphatic heterocycles. The number of benzene rings is 16. The van der Waals surface area contributed by atoms with Gasteiger partial charge >= 0.3 is 0 Å². The zero-order valence-electron chi connectivity index (χ0n) is 59.2. The first-order valence-corrected chi connectivity index (χ1v) is 39.9. The molecule has 0 amide bonds. The molecule has 6 heteroatoms. The quantitative estimate of drug-likeness (QED) is 0.0905. The molecular formula is C102H72N2O2P2. The van der Waals surface area contributed by atoms with Gasteiger partial charge in [0.15, 0.2) is 14.3 Å². The Kier molecular flexibility index (Phi) is 19.2. The number of pyridine rings is 2. The van der Waals surface area contributed by atoms with Crippen molar-refractivity contribution in [1.82, 2.24) is 9.97 Å². The van der Waals surface area contributed by atoms with Crippen molar-refractivity contribution in [2.24, 2.45) is 0 Å². The lowest BCUT2D eigenvalue weighted by Gasteiger charge is -2.20. The highest BCUT2D eigenvalue weighted by Gasteiger charge is 2.31. The predicted octanol–water partition coefficient (Wildman–Crippen LogP) is 24.4. The first-order valence-electron chi connectivity index (χ1n) is 36.4. The average Bonchev–Trinajstić information content (AvgIpc) is 0.767. The van der Waals surface area contributed by atoms with Crippen LogP contribution in [0.5, 0.6) is 0 Å². The number of rotatable bonds is 16. The molecule has 0 aliphatic rings. The second-order valence-electron chi connectivity index (χ2n) is 27.0. The van der Waals surface area contributed by atoms with Gasteiger partial charge < -0.3 is 9.13 Å². The summed E-state index contributed by atoms with van der Waals surface area (Å²) in [5, 5.41) is 9.69. The van der Waals surface area contributed by atoms with Gasteiger partial charge in [-0.25, -0.2) is 9.97 Å². The van der Waals surface area contributed by atoms with E-state index in [0.29, 0.717) is 0 Å². The summed E-state index contributed by atoms with van der Waals surface area (Å²) in [6.45, 7) is 0. The van der Waals surface area contributed by atoms with Gasteiger partial charge in [-0.1, -0.05) is 394 Å². The summed E-state index contributed by atoms with van der Waals surface area (Å²) in [6, 6.07) is 150. The van der Waals surface area contributed by atoms with E-state index in [1.807, 2.05) is 170 Å². The van der Waals surface area contributed by atoms with Crippen LogP contribution in [0, 0.1) is 0 Å². The van der Waals surface area contributed by atoms with Crippen molar-refractivity contribution in [2.45, 2.75) is 0 Å². The Morgan fingerprint density at radius 1 is 0.157 bits per heavy atom. The Bertz CT molecular complexity index is 6070. The maximum atomic E-state index is 15.0. The first kappa shape index (κ1) is 67.9. The van der Waals surface area contributed by atoms with E-state index in [2.05, 4.69) is 267 Å². The van der Waals surface area contributed by atoms with Crippen LogP contribution in [0.25, 0.3) is 133 Å². The number of aromatic nitrogens is 2. The molecule has 18 aromatic rings. The highest BCUT2D eigenvalue weighted by molar-refractivity contribution is 7.85. The molecule has 512 valence electrons. The van der Waals surface area contributed by atoms with Crippen LogP contribution >= 0.6 is 14.3 Å². The van der Waals surface area contributed by atoms with E-state index < -0.39 is 14.3 Å². The predicted molar refractivity (Wildman–Crippen MR) is 457 cm³/mol. The maximum Gasteiger partial charge on any atom is 0.171 e. The van der Waals surface area contributed by atoms with Gasteiger partial charge in [0.25, 0.3) is 0 Å². The Hall–Kier alpha value is -13.2. The Morgan fingerprint density at radius 3 is 0.759 bits per heavy atom. The third-order valence-electron chi connectivity index (χ3n) is 20.3. The first-order chi connectivity index (χ1) is 53.2. The van der Waals surface area contributed by atoms with Crippen LogP contribution < -0.4 is 31.8 Å². The Morgan fingerprint density at radius 2 is 0.407 bits per heavy atom. The van der Waals surface area contributed by atoms with Crippen molar-refractivity contribution in [3.05, 3.63) is 437 Å². The fourth-order valence-electron chi connectivity index (χ4n) is 14.6. The lowest BCUT2D eigenvalue weighted by Crippen LogP contribution is -2.24. The average molecular weight is 1420 g/mol. The lowest BCUT2D eigenvalue weighted by molar-refractivity contribution is 0.591. The van der Waals surface area contributed by atoms with Crippen molar-refractivity contribution in [1.29, 1.82) is 0 Å². The van der Waals surface area contributed by atoms with Gasteiger partial charge in [0.05, 0.1) is 22.8 Å². The van der Waals surface area contributed by atoms with Crippen molar-refractivity contribution < 1.29 is 9.13 Å². The summed E-state index contributed by atoms with van der Waals surface area (Å²) in [5.41, 5.74) is 21.8. The molecule has 108 heavy (non-hydrogen) atoms. The summed E-state index contributed by atoms with van der Waals surface area (Å²) in [7, 11) is -6.08. The fraction of sp³-hybridized carbons (Fsp3) is 0. The molecule has 0 saturated heterocycles. The molecule has 0 saturated carbocycles. The van der Waals surface area contributed by atoms with Gasteiger partial charge in [0.2, 0.25) is 0 Å². The number of nitrogens with zero attached hydrogens (tertiary/aromatic N) is 2. The molecule has 0 fully saturated rings. The molecule has 2 aromatic heterocycles. The van der Waals surface area contributed by atoms with E-state index in [4.69, 9.17) is 9.97 Å². The van der Waals surface area contributed by atoms with Gasteiger partial charge in [-0.2, -0.15) is 0 Å². The second-order valence-corrected chi connectivity index (χ2v) is 32.6. The summed E-state index contributed by atoms with van der Waals surface area (Å²) < 4.78 is 29.8. The minimum atomic E-state index is -3.05. The van der Waals surface area contributed by atoms with Gasteiger partial charge in [0.1, 0.15) is 0 Å². The molecule has 2 heterocycles. The molecule has 0 spiro atoms. The van der Waals surface area contributed by atoms with E-state index >= 15 is 0 Å². The Balaban J connectivity index is 0.000000158. The number of hydrogen-bond donors (Lipinski definition) is 0. The zero-order valence-corrected chi connectivity index (χ0v) is 61.0. The summed E-state index contributed by atoms with van der Waals surface area (Å²) in [6.07, 6.45) is 0. The minimum Gasteiger partial charge on any atom is -0.309 e. The normalized spacial score (nSPS) is 11.4. The van der Waals surface area contributed by atoms with Gasteiger partial charge in [0, 0.05) is 54.1 Å². The summed E-state index contributed by atoms with van der Waals surface area (Å²) >= 11 is 0. The molecule has 16 aromatic carbocycles. The summed E-state index contributed by atoms with van der Waals surface area (Å²) in [5.74, 6) is 0. The molecule has 0 N–H and O–H groups in total. The SMILES string of the molecule is O=P(c1ccccc1)(c1ccccc1)c1ccc(-c2ccc3ccc(-c4ccc(-c5cc(-c6ccccc6)cc(-c6ccccc6)n5)cc4)cc3c2)cc1.O=P(c1ccccc1)(c1ccccc1)c1ccc(-c2cccc3ccc(-c4ccc(-c5cc(-c6ccccc6)cc(-c6ccccc6)n5)cc4)cc23)cc1. The molecule has 4 nitrogen and oxygen atoms in total. The van der Waals surface area contributed by atoms with Crippen LogP contribution in [0.3, 0.4) is 0 Å². The zero-order chi connectivity index (χ0) is 72.6. The maximum absolute atomic E-state index is 15.0. The van der Waals surface area contributed by atoms with Crippen LogP contribution in [0.1, 0.15) is 0 Å². The third-order valence-corrected chi connectivity index (χ3v) is 26.5. The van der Waals surface area contributed by atoms with Crippen LogP contribution in [0.4, 0.5) is 0 Å². The molecule has 0 bridgehead atoms. The van der Waals surface area contributed by atoms with Crippen LogP contribution in [0.2, 0.25) is 0 Å². The Labute approximate surface area is 631 Å². The molecule has 0 unspecified atom stereocenters. The van der Waals surface area contributed by atoms with Crippen molar-refractivity contribution >= 4 is 67.7 Å². The fourth-order valence-corrected chi connectivity index (χ4v) is 19.9. The van der Waals surface area contributed by atoms with Crippen LogP contribution in [0.15, 0.2) is 437 Å². The van der Waals surface area contributed by atoms with Gasteiger partial charge in [-0.05, 0) is 131 Å². The molecule has 18 rings (SSSR count). The molecule has 0 radical (unpaired) electrons. The van der Waals surface area contributed by atoms with Crippen molar-refractivity contribution in [3.63, 3.8) is 0 Å². The van der Waals surface area contributed by atoms with E-state index in [9.17, 15) is 9.13 Å². The molecule has 0 aliphatic carbocycles. The molecule has 0 atom stereocenters. The summed E-state index contributed by atoms with van der Waals surface area (Å²) in [4.78, 5) is 10.2. The number of hydrogen-bond acceptors (Lipinski definition) is 4. The highest BCUT2D eigenvalue weighted by atomic mass is 31.2. The van der Waals surface area contributed by atoms with E-state index in [-0.39, 0.29) is 0 Å². The van der Waals surface area contributed by atoms with Gasteiger partial charge in [-0.3, -0.25) is 0 Å². The van der Waals surface area contributed by atoms with E-state index in [0.717, 1.165) is 138 Å². The standard InChI is InChI=1S/2C51H36NOP/c53-54(45-19-9-3-10-20-45,46-21-11-4-12-22-46)47-32-30-40(31-33-47)48-23-13-18-39-26-29-43(34-49(39)48)38-24-27-42(28-25-38)51-36-44(37-14-5-1-6-15-37)35-50(52-51)41-16-7-2-8-17-41;53-54(47-17-9-3-10-18-47,48-19-11-4-12-20-48)49-31-29-39(30-32-49)44-28-24-40-23-27-43(33-45(40)34-44)38-21-25-42(26-22-38)51-36-46(37-13-5-1-6-14-37)35-50(52-51)41-15-7-2-8-16-41/h2*1-36H. The van der Waals surface area contributed by atoms with Crippen molar-refractivity contribution in [2.75, 3.05) is 0 Å². The van der Waals surface area contributed by atoms with Crippen LogP contribution in [-0.2, 0) is 9.13 Å². The van der Waals surface area contributed by atoms with Crippen molar-refractivity contribution in [3.8, 4) is 112 Å². The second kappa shape index (κ2) is 30.5. The molecular weight excluding hydrogens is 1350 g/mol. The topological polar surface area (TPSA) is 59.9 Å². The highest BCUT2D eigenvalue weighted by Crippen LogP contribution is 2.45. The lowest BCUT2D eigenvalue weighted by atomic mass is 9.94.